The lowest BCUT2D eigenvalue weighted by Crippen LogP contribution is -2.22. The zero-order valence-corrected chi connectivity index (χ0v) is 12.2. The normalized spacial score (nSPS) is 12.2. The highest BCUT2D eigenvalue weighted by Crippen LogP contribution is 2.24. The van der Waals surface area contributed by atoms with Gasteiger partial charge in [0.2, 0.25) is 0 Å². The van der Waals surface area contributed by atoms with E-state index in [1.807, 2.05) is 19.1 Å². The molecule has 1 aromatic rings. The van der Waals surface area contributed by atoms with Gasteiger partial charge in [-0.1, -0.05) is 6.07 Å². The topological polar surface area (TPSA) is 56.5 Å². The van der Waals surface area contributed by atoms with Gasteiger partial charge >= 0.3 is 0 Å². The summed E-state index contributed by atoms with van der Waals surface area (Å²) in [7, 11) is 3.35. The summed E-state index contributed by atoms with van der Waals surface area (Å²) in [5, 5.41) is 3.43. The van der Waals surface area contributed by atoms with Crippen molar-refractivity contribution in [3.63, 3.8) is 0 Å². The van der Waals surface area contributed by atoms with Gasteiger partial charge in [0, 0.05) is 12.1 Å². The molecule has 1 rings (SSSR count). The number of nitrogens with one attached hydrogen (secondary N) is 1. The zero-order chi connectivity index (χ0) is 14.1. The number of methoxy groups -OCH3 is 2. The van der Waals surface area contributed by atoms with Crippen LogP contribution in [0.5, 0.6) is 11.5 Å². The summed E-state index contributed by atoms with van der Waals surface area (Å²) in [5.74, 6) is 1.71. The minimum absolute atomic E-state index is 0.295. The van der Waals surface area contributed by atoms with Crippen molar-refractivity contribution in [1.82, 2.24) is 5.32 Å². The van der Waals surface area contributed by atoms with E-state index in [9.17, 15) is 0 Å². The van der Waals surface area contributed by atoms with E-state index >= 15 is 0 Å². The molecule has 0 fully saturated rings. The number of hydrogen-bond donors (Lipinski definition) is 2. The Morgan fingerprint density at radius 2 is 2.00 bits per heavy atom. The molecule has 0 aliphatic rings. The molecule has 1 atom stereocenters. The Bertz CT molecular complexity index is 367. The largest absolute Gasteiger partial charge is 0.497 e. The van der Waals surface area contributed by atoms with Gasteiger partial charge in [-0.25, -0.2) is 0 Å². The number of benzene rings is 1. The highest BCUT2D eigenvalue weighted by molar-refractivity contribution is 5.40. The number of ether oxygens (including phenoxy) is 2. The monoisotopic (exact) mass is 266 g/mol. The smallest absolute Gasteiger partial charge is 0.125 e. The van der Waals surface area contributed by atoms with E-state index < -0.39 is 0 Å². The van der Waals surface area contributed by atoms with E-state index in [2.05, 4.69) is 11.4 Å². The summed E-state index contributed by atoms with van der Waals surface area (Å²) in [4.78, 5) is 0. The van der Waals surface area contributed by atoms with Crippen LogP contribution in [0.4, 0.5) is 0 Å². The molecular formula is C15H26N2O2. The quantitative estimate of drug-likeness (QED) is 0.671. The molecule has 1 unspecified atom stereocenters. The maximum Gasteiger partial charge on any atom is 0.125 e. The Labute approximate surface area is 116 Å². The summed E-state index contributed by atoms with van der Waals surface area (Å²) < 4.78 is 10.6. The van der Waals surface area contributed by atoms with Crippen molar-refractivity contribution in [1.29, 1.82) is 0 Å². The minimum Gasteiger partial charge on any atom is -0.497 e. The Hall–Kier alpha value is -1.26. The van der Waals surface area contributed by atoms with Crippen molar-refractivity contribution in [2.75, 3.05) is 27.3 Å². The lowest BCUT2D eigenvalue weighted by Gasteiger charge is -2.11. The number of rotatable bonds is 9. The van der Waals surface area contributed by atoms with Gasteiger partial charge < -0.3 is 20.5 Å². The van der Waals surface area contributed by atoms with E-state index in [-0.39, 0.29) is 0 Å². The van der Waals surface area contributed by atoms with Crippen molar-refractivity contribution >= 4 is 0 Å². The lowest BCUT2D eigenvalue weighted by molar-refractivity contribution is 0.390. The molecule has 1 aromatic carbocycles. The van der Waals surface area contributed by atoms with Crippen LogP contribution in [0, 0.1) is 0 Å². The predicted molar refractivity (Wildman–Crippen MR) is 79.0 cm³/mol. The first kappa shape index (κ1) is 15.8. The summed E-state index contributed by atoms with van der Waals surface area (Å²) in [5.41, 5.74) is 6.90. The Kier molecular flexibility index (Phi) is 7.30. The van der Waals surface area contributed by atoms with Crippen molar-refractivity contribution in [2.45, 2.75) is 32.2 Å². The molecule has 19 heavy (non-hydrogen) atoms. The highest BCUT2D eigenvalue weighted by atomic mass is 16.5. The second-order valence-electron chi connectivity index (χ2n) is 4.80. The molecule has 0 bridgehead atoms. The van der Waals surface area contributed by atoms with E-state index in [0.717, 1.165) is 43.9 Å². The molecule has 4 nitrogen and oxygen atoms in total. The third kappa shape index (κ3) is 5.94. The summed E-state index contributed by atoms with van der Waals surface area (Å²) in [6, 6.07) is 6.24. The van der Waals surface area contributed by atoms with Crippen molar-refractivity contribution < 1.29 is 9.47 Å². The van der Waals surface area contributed by atoms with Gasteiger partial charge in [-0.3, -0.25) is 0 Å². The first-order chi connectivity index (χ1) is 9.17. The van der Waals surface area contributed by atoms with Gasteiger partial charge in [0.1, 0.15) is 11.5 Å². The van der Waals surface area contributed by atoms with Crippen LogP contribution in [0.2, 0.25) is 0 Å². The third-order valence-corrected chi connectivity index (χ3v) is 3.08. The molecule has 0 aliphatic carbocycles. The molecule has 0 radical (unpaired) electrons. The average Bonchev–Trinajstić information content (AvgIpc) is 2.42. The predicted octanol–water partition coefficient (Wildman–Crippen LogP) is 1.96. The fraction of sp³-hybridized carbons (Fsp3) is 0.600. The van der Waals surface area contributed by atoms with Crippen LogP contribution in [0.1, 0.15) is 25.3 Å². The maximum atomic E-state index is 5.71. The van der Waals surface area contributed by atoms with Crippen LogP contribution in [0.25, 0.3) is 0 Å². The van der Waals surface area contributed by atoms with Gasteiger partial charge in [-0.2, -0.15) is 0 Å². The third-order valence-electron chi connectivity index (χ3n) is 3.08. The molecule has 3 N–H and O–H groups in total. The molecule has 0 heterocycles. The maximum absolute atomic E-state index is 5.71. The Morgan fingerprint density at radius 3 is 2.63 bits per heavy atom. The first-order valence-corrected chi connectivity index (χ1v) is 6.84. The molecular weight excluding hydrogens is 240 g/mol. The molecule has 0 spiro atoms. The van der Waals surface area contributed by atoms with Gasteiger partial charge in [0.05, 0.1) is 14.2 Å². The van der Waals surface area contributed by atoms with Gasteiger partial charge in [-0.15, -0.1) is 0 Å². The van der Waals surface area contributed by atoms with Crippen LogP contribution < -0.4 is 20.5 Å². The van der Waals surface area contributed by atoms with Gasteiger partial charge in [0.15, 0.2) is 0 Å². The zero-order valence-electron chi connectivity index (χ0n) is 12.2. The van der Waals surface area contributed by atoms with Crippen LogP contribution >= 0.6 is 0 Å². The first-order valence-electron chi connectivity index (χ1n) is 6.84. The summed E-state index contributed by atoms with van der Waals surface area (Å²) in [6.45, 7) is 4.00. The average molecular weight is 266 g/mol. The minimum atomic E-state index is 0.295. The van der Waals surface area contributed by atoms with Crippen molar-refractivity contribution in [2.24, 2.45) is 5.73 Å². The van der Waals surface area contributed by atoms with Crippen LogP contribution in [0.15, 0.2) is 18.2 Å². The summed E-state index contributed by atoms with van der Waals surface area (Å²) in [6.07, 6.45) is 3.14. The van der Waals surface area contributed by atoms with E-state index in [4.69, 9.17) is 15.2 Å². The second kappa shape index (κ2) is 8.77. The van der Waals surface area contributed by atoms with E-state index in [0.29, 0.717) is 6.04 Å². The fourth-order valence-electron chi connectivity index (χ4n) is 1.96. The van der Waals surface area contributed by atoms with Crippen LogP contribution in [-0.2, 0) is 6.42 Å². The molecule has 0 saturated carbocycles. The van der Waals surface area contributed by atoms with Crippen molar-refractivity contribution in [3.8, 4) is 11.5 Å². The molecule has 0 aliphatic heterocycles. The molecule has 4 heteroatoms. The molecule has 108 valence electrons. The molecule has 0 saturated heterocycles. The number of hydrogen-bond acceptors (Lipinski definition) is 4. The Balaban J connectivity index is 2.32. The van der Waals surface area contributed by atoms with Gasteiger partial charge in [0.25, 0.3) is 0 Å². The summed E-state index contributed by atoms with van der Waals surface area (Å²) >= 11 is 0. The Morgan fingerprint density at radius 1 is 1.21 bits per heavy atom. The lowest BCUT2D eigenvalue weighted by atomic mass is 10.1. The number of nitrogens with two attached hydrogens (primary N) is 1. The van der Waals surface area contributed by atoms with Crippen LogP contribution in [-0.4, -0.2) is 33.4 Å². The SMILES string of the molecule is COc1ccc(CCNCCCC(C)N)c(OC)c1. The molecule has 0 aromatic heterocycles. The van der Waals surface area contributed by atoms with E-state index in [1.165, 1.54) is 5.56 Å². The standard InChI is InChI=1S/C15H26N2O2/c1-12(16)5-4-9-17-10-8-13-6-7-14(18-2)11-15(13)19-3/h6-7,11-12,17H,4-5,8-10,16H2,1-3H3. The second-order valence-corrected chi connectivity index (χ2v) is 4.80. The van der Waals surface area contributed by atoms with E-state index in [1.54, 1.807) is 14.2 Å². The van der Waals surface area contributed by atoms with Crippen LogP contribution in [0.3, 0.4) is 0 Å². The van der Waals surface area contributed by atoms with Gasteiger partial charge in [-0.05, 0) is 50.9 Å². The highest BCUT2D eigenvalue weighted by Gasteiger charge is 2.04. The van der Waals surface area contributed by atoms with Crippen molar-refractivity contribution in [3.05, 3.63) is 23.8 Å². The fourth-order valence-corrected chi connectivity index (χ4v) is 1.96. The molecule has 0 amide bonds.